The lowest BCUT2D eigenvalue weighted by Gasteiger charge is -2.24. The van der Waals surface area contributed by atoms with Crippen LogP contribution >= 0.6 is 11.6 Å². The predicted molar refractivity (Wildman–Crippen MR) is 101 cm³/mol. The van der Waals surface area contributed by atoms with Gasteiger partial charge in [0.25, 0.3) is 0 Å². The maximum absolute atomic E-state index is 12.5. The first-order chi connectivity index (χ1) is 11.8. The lowest BCUT2D eigenvalue weighted by molar-refractivity contribution is -0.120. The Kier molecular flexibility index (Phi) is 6.04. The Labute approximate surface area is 152 Å². The van der Waals surface area contributed by atoms with Crippen molar-refractivity contribution < 1.29 is 14.3 Å². The number of carbonyl (C=O) groups excluding carboxylic acids is 2. The minimum atomic E-state index is -0.337. The second-order valence-corrected chi connectivity index (χ2v) is 6.17. The van der Waals surface area contributed by atoms with E-state index in [9.17, 15) is 9.59 Å². The third kappa shape index (κ3) is 4.51. The largest absolute Gasteiger partial charge is 0.495 e. The number of nitrogens with one attached hydrogen (secondary N) is 1. The Bertz CT molecular complexity index is 782. The van der Waals surface area contributed by atoms with Gasteiger partial charge < -0.3 is 15.0 Å². The van der Waals surface area contributed by atoms with Crippen molar-refractivity contribution in [2.45, 2.75) is 20.8 Å². The number of rotatable bonds is 5. The average molecular weight is 361 g/mol. The fraction of sp³-hybridized carbons (Fsp3) is 0.263. The molecule has 2 amide bonds. The van der Waals surface area contributed by atoms with Crippen LogP contribution in [-0.2, 0) is 9.59 Å². The van der Waals surface area contributed by atoms with E-state index in [1.165, 1.54) is 18.9 Å². The maximum Gasteiger partial charge on any atom is 0.244 e. The zero-order valence-electron chi connectivity index (χ0n) is 14.7. The van der Waals surface area contributed by atoms with Crippen molar-refractivity contribution in [1.82, 2.24) is 0 Å². The van der Waals surface area contributed by atoms with E-state index in [1.807, 2.05) is 26.0 Å². The predicted octanol–water partition coefficient (Wildman–Crippen LogP) is 3.96. The van der Waals surface area contributed by atoms with Crippen molar-refractivity contribution in [1.29, 1.82) is 0 Å². The lowest BCUT2D eigenvalue weighted by Crippen LogP contribution is -2.37. The molecule has 0 bridgehead atoms. The van der Waals surface area contributed by atoms with Crippen LogP contribution in [0.25, 0.3) is 0 Å². The highest BCUT2D eigenvalue weighted by Gasteiger charge is 2.21. The Hall–Kier alpha value is -2.53. The zero-order chi connectivity index (χ0) is 18.6. The van der Waals surface area contributed by atoms with Gasteiger partial charge in [-0.2, -0.15) is 0 Å². The summed E-state index contributed by atoms with van der Waals surface area (Å²) in [5.74, 6) is -0.0467. The molecule has 0 radical (unpaired) electrons. The number of aryl methyl sites for hydroxylation is 2. The number of anilines is 2. The van der Waals surface area contributed by atoms with E-state index in [-0.39, 0.29) is 18.4 Å². The van der Waals surface area contributed by atoms with Gasteiger partial charge in [0.1, 0.15) is 12.3 Å². The molecule has 132 valence electrons. The molecule has 0 aliphatic rings. The van der Waals surface area contributed by atoms with Crippen molar-refractivity contribution >= 4 is 34.8 Å². The lowest BCUT2D eigenvalue weighted by atomic mass is 10.1. The maximum atomic E-state index is 12.5. The first-order valence-electron chi connectivity index (χ1n) is 7.81. The van der Waals surface area contributed by atoms with Gasteiger partial charge in [0.15, 0.2) is 0 Å². The molecular weight excluding hydrogens is 340 g/mol. The third-order valence-corrected chi connectivity index (χ3v) is 4.02. The summed E-state index contributed by atoms with van der Waals surface area (Å²) >= 11 is 6.32. The van der Waals surface area contributed by atoms with Gasteiger partial charge in [-0.25, -0.2) is 0 Å². The zero-order valence-corrected chi connectivity index (χ0v) is 15.5. The number of carbonyl (C=O) groups is 2. The number of halogens is 1. The van der Waals surface area contributed by atoms with Gasteiger partial charge >= 0.3 is 0 Å². The number of methoxy groups -OCH3 is 1. The summed E-state index contributed by atoms with van der Waals surface area (Å²) in [5.41, 5.74) is 2.93. The molecule has 0 unspecified atom stereocenters. The van der Waals surface area contributed by atoms with Gasteiger partial charge in [0.05, 0.1) is 23.5 Å². The Morgan fingerprint density at radius 2 is 1.88 bits per heavy atom. The number of nitrogens with zero attached hydrogens (tertiary/aromatic N) is 1. The van der Waals surface area contributed by atoms with Gasteiger partial charge in [0, 0.05) is 6.92 Å². The highest BCUT2D eigenvalue weighted by Crippen LogP contribution is 2.31. The highest BCUT2D eigenvalue weighted by molar-refractivity contribution is 6.34. The van der Waals surface area contributed by atoms with E-state index >= 15 is 0 Å². The summed E-state index contributed by atoms with van der Waals surface area (Å²) in [6.45, 7) is 5.06. The SMILES string of the molecule is COc1ccccc1NC(=O)CN(C(C)=O)c1c(C)cc(C)cc1Cl. The van der Waals surface area contributed by atoms with Gasteiger partial charge in [-0.15, -0.1) is 0 Å². The van der Waals surface area contributed by atoms with E-state index in [0.29, 0.717) is 22.1 Å². The Morgan fingerprint density at radius 1 is 1.20 bits per heavy atom. The molecule has 0 aliphatic heterocycles. The Morgan fingerprint density at radius 3 is 2.48 bits per heavy atom. The molecule has 2 aromatic carbocycles. The number of hydrogen-bond acceptors (Lipinski definition) is 3. The molecule has 0 heterocycles. The summed E-state index contributed by atoms with van der Waals surface area (Å²) in [5, 5.41) is 3.21. The van der Waals surface area contributed by atoms with E-state index in [4.69, 9.17) is 16.3 Å². The van der Waals surface area contributed by atoms with Crippen molar-refractivity contribution in [3.8, 4) is 5.75 Å². The normalized spacial score (nSPS) is 10.3. The first kappa shape index (κ1) is 18.8. The number of hydrogen-bond donors (Lipinski definition) is 1. The monoisotopic (exact) mass is 360 g/mol. The van der Waals surface area contributed by atoms with Gasteiger partial charge in [-0.05, 0) is 43.2 Å². The van der Waals surface area contributed by atoms with Gasteiger partial charge in [0.2, 0.25) is 11.8 Å². The average Bonchev–Trinajstić information content (AvgIpc) is 2.53. The topological polar surface area (TPSA) is 58.6 Å². The van der Waals surface area contributed by atoms with Crippen LogP contribution in [0.3, 0.4) is 0 Å². The standard InChI is InChI=1S/C19H21ClN2O3/c1-12-9-13(2)19(15(20)10-12)22(14(3)23)11-18(24)21-16-7-5-6-8-17(16)25-4/h5-10H,11H2,1-4H3,(H,21,24). The molecule has 0 aromatic heterocycles. The molecule has 5 nitrogen and oxygen atoms in total. The van der Waals surface area contributed by atoms with Crippen LogP contribution in [0.1, 0.15) is 18.1 Å². The molecule has 0 aliphatic carbocycles. The minimum absolute atomic E-state index is 0.142. The van der Waals surface area contributed by atoms with Gasteiger partial charge in [-0.3, -0.25) is 9.59 Å². The van der Waals surface area contributed by atoms with E-state index in [2.05, 4.69) is 5.32 Å². The summed E-state index contributed by atoms with van der Waals surface area (Å²) in [6, 6.07) is 10.8. The molecule has 0 atom stereocenters. The first-order valence-corrected chi connectivity index (χ1v) is 8.19. The Balaban J connectivity index is 2.25. The van der Waals surface area contributed by atoms with Crippen LogP contribution in [0.2, 0.25) is 5.02 Å². The van der Waals surface area contributed by atoms with E-state index in [0.717, 1.165) is 11.1 Å². The van der Waals surface area contributed by atoms with Crippen molar-refractivity contribution in [3.63, 3.8) is 0 Å². The second-order valence-electron chi connectivity index (χ2n) is 5.77. The van der Waals surface area contributed by atoms with Crippen LogP contribution in [-0.4, -0.2) is 25.5 Å². The number of ether oxygens (including phenoxy) is 1. The molecular formula is C19H21ClN2O3. The molecule has 0 fully saturated rings. The van der Waals surface area contributed by atoms with Crippen molar-refractivity contribution in [3.05, 3.63) is 52.5 Å². The molecule has 2 aromatic rings. The van der Waals surface area contributed by atoms with Crippen LogP contribution in [0, 0.1) is 13.8 Å². The molecule has 0 saturated carbocycles. The summed E-state index contributed by atoms with van der Waals surface area (Å²) in [4.78, 5) is 25.9. The molecule has 1 N–H and O–H groups in total. The highest BCUT2D eigenvalue weighted by atomic mass is 35.5. The summed E-state index contributed by atoms with van der Waals surface area (Å²) in [7, 11) is 1.53. The van der Waals surface area contributed by atoms with Gasteiger partial charge in [-0.1, -0.05) is 29.8 Å². The smallest absolute Gasteiger partial charge is 0.244 e. The fourth-order valence-electron chi connectivity index (χ4n) is 2.68. The quantitative estimate of drug-likeness (QED) is 0.878. The van der Waals surface area contributed by atoms with Crippen LogP contribution in [0.4, 0.5) is 11.4 Å². The second kappa shape index (κ2) is 8.03. The summed E-state index contributed by atoms with van der Waals surface area (Å²) < 4.78 is 5.22. The molecule has 2 rings (SSSR count). The third-order valence-electron chi connectivity index (χ3n) is 3.73. The number of amides is 2. The minimum Gasteiger partial charge on any atom is -0.495 e. The molecule has 0 spiro atoms. The van der Waals surface area contributed by atoms with Crippen molar-refractivity contribution in [2.75, 3.05) is 23.9 Å². The summed E-state index contributed by atoms with van der Waals surface area (Å²) in [6.07, 6.45) is 0. The van der Waals surface area contributed by atoms with Crippen LogP contribution < -0.4 is 15.0 Å². The van der Waals surface area contributed by atoms with Crippen molar-refractivity contribution in [2.24, 2.45) is 0 Å². The van der Waals surface area contributed by atoms with Crippen LogP contribution in [0.5, 0.6) is 5.75 Å². The molecule has 0 saturated heterocycles. The van der Waals surface area contributed by atoms with E-state index < -0.39 is 0 Å². The molecule has 25 heavy (non-hydrogen) atoms. The van der Waals surface area contributed by atoms with E-state index in [1.54, 1.807) is 24.3 Å². The fourth-order valence-corrected chi connectivity index (χ4v) is 3.10. The van der Waals surface area contributed by atoms with Crippen LogP contribution in [0.15, 0.2) is 36.4 Å². The number of para-hydroxylation sites is 2. The number of benzene rings is 2. The molecule has 6 heteroatoms.